The van der Waals surface area contributed by atoms with Crippen LogP contribution in [0.4, 0.5) is 20.3 Å². The van der Waals surface area contributed by atoms with Crippen molar-refractivity contribution in [3.05, 3.63) is 68.6 Å². The summed E-state index contributed by atoms with van der Waals surface area (Å²) in [6.07, 6.45) is 1.66. The number of benzene rings is 1. The minimum absolute atomic E-state index is 0.206. The van der Waals surface area contributed by atoms with Gasteiger partial charge in [0.05, 0.1) is 19.3 Å². The van der Waals surface area contributed by atoms with Crippen LogP contribution in [-0.4, -0.2) is 35.7 Å². The van der Waals surface area contributed by atoms with E-state index >= 15 is 0 Å². The number of morpholine rings is 1. The molecular weight excluding hydrogens is 446 g/mol. The molecule has 0 aliphatic carbocycles. The average molecular weight is 465 g/mol. The van der Waals surface area contributed by atoms with Crippen molar-refractivity contribution in [1.82, 2.24) is 9.38 Å². The summed E-state index contributed by atoms with van der Waals surface area (Å²) in [6.45, 7) is 4.32. The maximum absolute atomic E-state index is 13.5. The number of fused-ring (bicyclic) bond motifs is 1. The lowest BCUT2D eigenvalue weighted by atomic mass is 10.1. The Balaban J connectivity index is 1.77. The zero-order valence-corrected chi connectivity index (χ0v) is 17.2. The molecule has 1 fully saturated rings. The van der Waals surface area contributed by atoms with E-state index in [1.165, 1.54) is 22.6 Å². The van der Waals surface area contributed by atoms with Gasteiger partial charge in [0.15, 0.2) is 0 Å². The summed E-state index contributed by atoms with van der Waals surface area (Å²) >= 11 is 3.43. The number of nitrogens with zero attached hydrogens (tertiary/aromatic N) is 3. The van der Waals surface area contributed by atoms with Crippen molar-refractivity contribution in [2.24, 2.45) is 0 Å². The number of rotatable bonds is 4. The maximum atomic E-state index is 13.5. The predicted octanol–water partition coefficient (Wildman–Crippen LogP) is 3.74. The van der Waals surface area contributed by atoms with Gasteiger partial charge in [-0.1, -0.05) is 0 Å². The number of ether oxygens (including phenoxy) is 1. The summed E-state index contributed by atoms with van der Waals surface area (Å²) in [5.41, 5.74) is 1.30. The van der Waals surface area contributed by atoms with E-state index in [4.69, 9.17) is 9.72 Å². The molecule has 1 aliphatic heterocycles. The summed E-state index contributed by atoms with van der Waals surface area (Å²) in [4.78, 5) is 19.5. The molecule has 0 bridgehead atoms. The van der Waals surface area contributed by atoms with Gasteiger partial charge in [0.2, 0.25) is 0 Å². The van der Waals surface area contributed by atoms with E-state index in [1.807, 2.05) is 17.9 Å². The average Bonchev–Trinajstić information content (AvgIpc) is 2.67. The molecule has 0 radical (unpaired) electrons. The van der Waals surface area contributed by atoms with E-state index in [2.05, 4.69) is 21.2 Å². The fourth-order valence-electron chi connectivity index (χ4n) is 3.42. The van der Waals surface area contributed by atoms with Gasteiger partial charge in [-0.3, -0.25) is 9.20 Å². The van der Waals surface area contributed by atoms with Gasteiger partial charge in [-0.15, -0.1) is 0 Å². The van der Waals surface area contributed by atoms with Gasteiger partial charge in [-0.2, -0.15) is 0 Å². The van der Waals surface area contributed by atoms with E-state index < -0.39 is 11.6 Å². The highest BCUT2D eigenvalue weighted by molar-refractivity contribution is 9.10. The number of pyridine rings is 1. The third kappa shape index (κ3) is 4.25. The number of anilines is 2. The third-order valence-corrected chi connectivity index (χ3v) is 5.22. The van der Waals surface area contributed by atoms with Gasteiger partial charge in [0, 0.05) is 47.1 Å². The molecule has 6 nitrogen and oxygen atoms in total. The van der Waals surface area contributed by atoms with Gasteiger partial charge in [-0.25, -0.2) is 13.8 Å². The van der Waals surface area contributed by atoms with E-state index in [0.29, 0.717) is 47.9 Å². The lowest BCUT2D eigenvalue weighted by Crippen LogP contribution is -2.37. The molecule has 1 aliphatic rings. The summed E-state index contributed by atoms with van der Waals surface area (Å²) < 4.78 is 34.6. The molecule has 1 aromatic carbocycles. The molecule has 3 aromatic rings. The molecular formula is C20H19BrF2N4O2. The van der Waals surface area contributed by atoms with E-state index in [0.717, 1.165) is 11.6 Å². The molecule has 0 spiro atoms. The normalized spacial score (nSPS) is 15.5. The van der Waals surface area contributed by atoms with Crippen molar-refractivity contribution < 1.29 is 13.5 Å². The highest BCUT2D eigenvalue weighted by Gasteiger charge is 2.18. The molecule has 152 valence electrons. The topological polar surface area (TPSA) is 58.9 Å². The second-order valence-electron chi connectivity index (χ2n) is 6.88. The Morgan fingerprint density at radius 1 is 1.14 bits per heavy atom. The summed E-state index contributed by atoms with van der Waals surface area (Å²) in [6, 6.07) is 6.25. The second kappa shape index (κ2) is 8.08. The number of hydrogen-bond acceptors (Lipinski definition) is 5. The van der Waals surface area contributed by atoms with Crippen LogP contribution < -0.4 is 15.8 Å². The first kappa shape index (κ1) is 19.8. The van der Waals surface area contributed by atoms with Crippen molar-refractivity contribution in [3.8, 4) is 0 Å². The first-order valence-electron chi connectivity index (χ1n) is 9.19. The van der Waals surface area contributed by atoms with Crippen LogP contribution in [0.3, 0.4) is 0 Å². The molecule has 0 saturated carbocycles. The minimum Gasteiger partial charge on any atom is -0.378 e. The number of aromatic nitrogens is 2. The lowest BCUT2D eigenvalue weighted by molar-refractivity contribution is 0.122. The number of nitrogens with one attached hydrogen (secondary N) is 1. The molecule has 1 saturated heterocycles. The van der Waals surface area contributed by atoms with Gasteiger partial charge in [0.25, 0.3) is 5.56 Å². The molecule has 29 heavy (non-hydrogen) atoms. The zero-order valence-electron chi connectivity index (χ0n) is 15.7. The Kier molecular flexibility index (Phi) is 5.51. The fraction of sp³-hybridized carbons (Fsp3) is 0.300. The Labute approximate surface area is 174 Å². The van der Waals surface area contributed by atoms with Crippen LogP contribution in [0.5, 0.6) is 0 Å². The Bertz CT molecular complexity index is 1100. The zero-order chi connectivity index (χ0) is 20.5. The quantitative estimate of drug-likeness (QED) is 0.637. The van der Waals surface area contributed by atoms with E-state index in [9.17, 15) is 13.6 Å². The Morgan fingerprint density at radius 3 is 2.52 bits per heavy atom. The molecule has 4 rings (SSSR count). The largest absolute Gasteiger partial charge is 0.378 e. The second-order valence-corrected chi connectivity index (χ2v) is 7.80. The molecule has 2 aromatic heterocycles. The smallest absolute Gasteiger partial charge is 0.259 e. The van der Waals surface area contributed by atoms with Crippen LogP contribution in [0.1, 0.15) is 18.5 Å². The summed E-state index contributed by atoms with van der Waals surface area (Å²) in [5, 5.41) is 3.09. The maximum Gasteiger partial charge on any atom is 0.259 e. The van der Waals surface area contributed by atoms with Crippen LogP contribution >= 0.6 is 15.9 Å². The number of hydrogen-bond donors (Lipinski definition) is 1. The molecule has 1 unspecified atom stereocenters. The van der Waals surface area contributed by atoms with Crippen LogP contribution in [0.15, 0.2) is 45.8 Å². The van der Waals surface area contributed by atoms with Crippen molar-refractivity contribution in [1.29, 1.82) is 0 Å². The standard InChI is InChI=1S/C20H19BrF2N4O2/c1-12(24-16-8-14(22)7-15(23)9-16)17-6-13(21)11-27-19(28)10-18(25-20(17)27)26-2-4-29-5-3-26/h6-12,24H,2-5H2,1H3. The van der Waals surface area contributed by atoms with Crippen molar-refractivity contribution in [2.75, 3.05) is 36.5 Å². The molecule has 9 heteroatoms. The molecule has 1 atom stereocenters. The first-order valence-corrected chi connectivity index (χ1v) is 9.98. The number of halogens is 3. The van der Waals surface area contributed by atoms with E-state index in [1.54, 1.807) is 6.20 Å². The van der Waals surface area contributed by atoms with Crippen LogP contribution in [0.2, 0.25) is 0 Å². The van der Waals surface area contributed by atoms with Gasteiger partial charge in [0.1, 0.15) is 23.1 Å². The lowest BCUT2D eigenvalue weighted by Gasteiger charge is -2.28. The van der Waals surface area contributed by atoms with Gasteiger partial charge in [-0.05, 0) is 41.1 Å². The molecule has 0 amide bonds. The summed E-state index contributed by atoms with van der Waals surface area (Å²) in [7, 11) is 0. The molecule has 3 heterocycles. The highest BCUT2D eigenvalue weighted by atomic mass is 79.9. The first-order chi connectivity index (χ1) is 13.9. The van der Waals surface area contributed by atoms with Crippen molar-refractivity contribution in [3.63, 3.8) is 0 Å². The SMILES string of the molecule is CC(Nc1cc(F)cc(F)c1)c1cc(Br)cn2c(=O)cc(N3CCOCC3)nc12. The van der Waals surface area contributed by atoms with Crippen LogP contribution in [-0.2, 0) is 4.74 Å². The Morgan fingerprint density at radius 2 is 1.83 bits per heavy atom. The van der Waals surface area contributed by atoms with Gasteiger partial charge >= 0.3 is 0 Å². The van der Waals surface area contributed by atoms with Crippen LogP contribution in [0.25, 0.3) is 5.65 Å². The fourth-order valence-corrected chi connectivity index (χ4v) is 3.87. The third-order valence-electron chi connectivity index (χ3n) is 4.79. The van der Waals surface area contributed by atoms with Crippen molar-refractivity contribution in [2.45, 2.75) is 13.0 Å². The Hall–Kier alpha value is -2.52. The van der Waals surface area contributed by atoms with E-state index in [-0.39, 0.29) is 11.6 Å². The predicted molar refractivity (Wildman–Crippen MR) is 111 cm³/mol. The highest BCUT2D eigenvalue weighted by Crippen LogP contribution is 2.27. The monoisotopic (exact) mass is 464 g/mol. The van der Waals surface area contributed by atoms with Crippen molar-refractivity contribution >= 4 is 33.1 Å². The van der Waals surface area contributed by atoms with Gasteiger partial charge < -0.3 is 15.0 Å². The van der Waals surface area contributed by atoms with Crippen LogP contribution in [0, 0.1) is 11.6 Å². The minimum atomic E-state index is -0.664. The summed E-state index contributed by atoms with van der Waals surface area (Å²) in [5.74, 6) is -0.739. The molecule has 1 N–H and O–H groups in total.